The molecule has 0 bridgehead atoms. The van der Waals surface area contributed by atoms with Gasteiger partial charge in [-0.05, 0) is 55.4 Å². The summed E-state index contributed by atoms with van der Waals surface area (Å²) in [5.74, 6) is -0.000810. The second-order valence-electron chi connectivity index (χ2n) is 9.58. The van der Waals surface area contributed by atoms with Crippen molar-refractivity contribution in [3.63, 3.8) is 0 Å². The fraction of sp³-hybridized carbons (Fsp3) is 0.312. The maximum Gasteiger partial charge on any atom is 0.261 e. The van der Waals surface area contributed by atoms with Crippen LogP contribution in [0.5, 0.6) is 5.75 Å². The third-order valence-electron chi connectivity index (χ3n) is 6.79. The Balaban J connectivity index is 1.54. The fourth-order valence-electron chi connectivity index (χ4n) is 4.71. The first-order chi connectivity index (χ1) is 18.6. The lowest BCUT2D eigenvalue weighted by atomic mass is 9.97. The minimum Gasteiger partial charge on any atom is -0.482 e. The Morgan fingerprint density at radius 2 is 1.58 bits per heavy atom. The summed E-state index contributed by atoms with van der Waals surface area (Å²) in [6.45, 7) is 0.628. The molecular formula is C32H35ClN2O3. The van der Waals surface area contributed by atoms with Crippen molar-refractivity contribution in [1.82, 2.24) is 10.2 Å². The Labute approximate surface area is 230 Å². The molecule has 38 heavy (non-hydrogen) atoms. The molecule has 0 saturated heterocycles. The van der Waals surface area contributed by atoms with Crippen LogP contribution in [0.4, 0.5) is 0 Å². The van der Waals surface area contributed by atoms with Crippen molar-refractivity contribution in [3.05, 3.63) is 113 Å². The summed E-state index contributed by atoms with van der Waals surface area (Å²) in [6, 6.07) is 25.9. The van der Waals surface area contributed by atoms with Crippen molar-refractivity contribution < 1.29 is 14.3 Å². The zero-order valence-electron chi connectivity index (χ0n) is 21.7. The van der Waals surface area contributed by atoms with Crippen molar-refractivity contribution in [2.75, 3.05) is 13.2 Å². The summed E-state index contributed by atoms with van der Waals surface area (Å²) in [5.41, 5.74) is 3.33. The van der Waals surface area contributed by atoms with Gasteiger partial charge in [-0.1, -0.05) is 96.0 Å². The Kier molecular flexibility index (Phi) is 10.4. The van der Waals surface area contributed by atoms with Crippen molar-refractivity contribution in [1.29, 1.82) is 0 Å². The quantitative estimate of drug-likeness (QED) is 0.277. The number of nitrogens with one attached hydrogen (secondary N) is 1. The number of rotatable bonds is 12. The van der Waals surface area contributed by atoms with Crippen LogP contribution in [0, 0.1) is 0 Å². The van der Waals surface area contributed by atoms with E-state index >= 15 is 0 Å². The molecule has 0 spiro atoms. The van der Waals surface area contributed by atoms with E-state index in [1.54, 1.807) is 23.1 Å². The maximum atomic E-state index is 13.7. The van der Waals surface area contributed by atoms with Crippen molar-refractivity contribution in [2.45, 2.75) is 51.1 Å². The van der Waals surface area contributed by atoms with Crippen LogP contribution in [0.2, 0.25) is 5.02 Å². The highest BCUT2D eigenvalue weighted by atomic mass is 35.5. The number of amides is 2. The summed E-state index contributed by atoms with van der Waals surface area (Å²) in [7, 11) is 0. The lowest BCUT2D eigenvalue weighted by Gasteiger charge is -2.31. The van der Waals surface area contributed by atoms with Gasteiger partial charge in [0.15, 0.2) is 6.61 Å². The van der Waals surface area contributed by atoms with Gasteiger partial charge >= 0.3 is 0 Å². The van der Waals surface area contributed by atoms with E-state index in [1.165, 1.54) is 18.4 Å². The Morgan fingerprint density at radius 3 is 2.26 bits per heavy atom. The van der Waals surface area contributed by atoms with Crippen LogP contribution >= 0.6 is 11.6 Å². The van der Waals surface area contributed by atoms with Crippen LogP contribution < -0.4 is 10.1 Å². The topological polar surface area (TPSA) is 58.6 Å². The molecular weight excluding hydrogens is 496 g/mol. The molecule has 2 amide bonds. The van der Waals surface area contributed by atoms with E-state index in [0.29, 0.717) is 30.3 Å². The molecule has 5 nitrogen and oxygen atoms in total. The lowest BCUT2D eigenvalue weighted by Crippen LogP contribution is -2.51. The average molecular weight is 531 g/mol. The predicted molar refractivity (Wildman–Crippen MR) is 152 cm³/mol. The summed E-state index contributed by atoms with van der Waals surface area (Å²) in [5, 5.41) is 3.55. The number of halogens is 1. The van der Waals surface area contributed by atoms with Crippen LogP contribution in [0.1, 0.15) is 43.2 Å². The number of carbonyl (C=O) groups is 2. The molecule has 0 aliphatic heterocycles. The zero-order valence-corrected chi connectivity index (χ0v) is 22.4. The molecule has 0 heterocycles. The molecule has 0 aromatic heterocycles. The third kappa shape index (κ3) is 8.22. The van der Waals surface area contributed by atoms with Gasteiger partial charge in [-0.25, -0.2) is 0 Å². The number of para-hydroxylation sites is 1. The monoisotopic (exact) mass is 530 g/mol. The molecule has 6 heteroatoms. The van der Waals surface area contributed by atoms with Crippen LogP contribution in [0.25, 0.3) is 0 Å². The predicted octanol–water partition coefficient (Wildman–Crippen LogP) is 6.37. The molecule has 0 unspecified atom stereocenters. The Morgan fingerprint density at radius 1 is 0.895 bits per heavy atom. The largest absolute Gasteiger partial charge is 0.482 e. The summed E-state index contributed by atoms with van der Waals surface area (Å²) >= 11 is 6.24. The molecule has 4 rings (SSSR count). The van der Waals surface area contributed by atoms with Crippen LogP contribution in [0.15, 0.2) is 96.6 Å². The number of carbonyl (C=O) groups excluding carboxylic acids is 2. The van der Waals surface area contributed by atoms with Gasteiger partial charge in [0.2, 0.25) is 5.91 Å². The normalized spacial score (nSPS) is 13.8. The van der Waals surface area contributed by atoms with E-state index < -0.39 is 6.04 Å². The van der Waals surface area contributed by atoms with Crippen molar-refractivity contribution >= 4 is 23.4 Å². The number of ether oxygens (including phenoxy) is 1. The molecule has 0 saturated carbocycles. The van der Waals surface area contributed by atoms with E-state index in [2.05, 4.69) is 11.4 Å². The van der Waals surface area contributed by atoms with E-state index in [4.69, 9.17) is 16.3 Å². The van der Waals surface area contributed by atoms with Gasteiger partial charge in [0, 0.05) is 19.5 Å². The summed E-state index contributed by atoms with van der Waals surface area (Å²) in [6.07, 6.45) is 8.20. The highest BCUT2D eigenvalue weighted by molar-refractivity contribution is 6.32. The highest BCUT2D eigenvalue weighted by Crippen LogP contribution is 2.24. The van der Waals surface area contributed by atoms with Gasteiger partial charge in [0.05, 0.1) is 5.02 Å². The lowest BCUT2D eigenvalue weighted by molar-refractivity contribution is -0.142. The van der Waals surface area contributed by atoms with Gasteiger partial charge in [-0.15, -0.1) is 0 Å². The van der Waals surface area contributed by atoms with Gasteiger partial charge in [-0.2, -0.15) is 0 Å². The van der Waals surface area contributed by atoms with Crippen LogP contribution in [-0.4, -0.2) is 35.9 Å². The van der Waals surface area contributed by atoms with Crippen LogP contribution in [-0.2, 0) is 22.6 Å². The number of nitrogens with zero attached hydrogens (tertiary/aromatic N) is 1. The minimum atomic E-state index is -0.694. The third-order valence-corrected chi connectivity index (χ3v) is 7.10. The molecule has 1 atom stereocenters. The smallest absolute Gasteiger partial charge is 0.261 e. The second-order valence-corrected chi connectivity index (χ2v) is 9.99. The SMILES string of the molecule is O=C(NCCC1=CCCCC1)[C@@H](Cc1ccccc1)N(Cc1ccccc1)C(=O)COc1ccccc1Cl. The number of benzene rings is 3. The standard InChI is InChI=1S/C32H35ClN2O3/c33-28-18-10-11-19-30(28)38-24-31(36)35(23-27-16-8-3-9-17-27)29(22-26-14-6-2-7-15-26)32(37)34-21-20-25-12-4-1-5-13-25/h2-3,6-12,14-19,29H,1,4-5,13,20-24H2,(H,34,37)/t29-/m1/s1. The molecule has 1 aliphatic carbocycles. The first kappa shape index (κ1) is 27.5. The Hall–Kier alpha value is -3.57. The molecule has 0 fully saturated rings. The van der Waals surface area contributed by atoms with Gasteiger partial charge < -0.3 is 15.0 Å². The first-order valence-electron chi connectivity index (χ1n) is 13.3. The van der Waals surface area contributed by atoms with Crippen LogP contribution in [0.3, 0.4) is 0 Å². The molecule has 198 valence electrons. The minimum absolute atomic E-state index is 0.160. The molecule has 1 N–H and O–H groups in total. The van der Waals surface area contributed by atoms with E-state index in [0.717, 1.165) is 30.4 Å². The highest BCUT2D eigenvalue weighted by Gasteiger charge is 2.30. The fourth-order valence-corrected chi connectivity index (χ4v) is 4.90. The second kappa shape index (κ2) is 14.4. The Bertz CT molecular complexity index is 1210. The average Bonchev–Trinajstić information content (AvgIpc) is 2.96. The first-order valence-corrected chi connectivity index (χ1v) is 13.7. The van der Waals surface area contributed by atoms with E-state index in [-0.39, 0.29) is 18.4 Å². The summed E-state index contributed by atoms with van der Waals surface area (Å²) in [4.78, 5) is 29.0. The number of hydrogen-bond acceptors (Lipinski definition) is 3. The van der Waals surface area contributed by atoms with Gasteiger partial charge in [0.1, 0.15) is 11.8 Å². The number of hydrogen-bond donors (Lipinski definition) is 1. The van der Waals surface area contributed by atoms with E-state index in [1.807, 2.05) is 66.7 Å². The van der Waals surface area contributed by atoms with Gasteiger partial charge in [-0.3, -0.25) is 9.59 Å². The van der Waals surface area contributed by atoms with Crippen molar-refractivity contribution in [3.8, 4) is 5.75 Å². The van der Waals surface area contributed by atoms with Crippen molar-refractivity contribution in [2.24, 2.45) is 0 Å². The maximum absolute atomic E-state index is 13.7. The molecule has 3 aromatic carbocycles. The molecule has 1 aliphatic rings. The summed E-state index contributed by atoms with van der Waals surface area (Å²) < 4.78 is 5.80. The molecule has 0 radical (unpaired) electrons. The molecule has 3 aromatic rings. The van der Waals surface area contributed by atoms with E-state index in [9.17, 15) is 9.59 Å². The van der Waals surface area contributed by atoms with Gasteiger partial charge in [0.25, 0.3) is 5.91 Å². The number of allylic oxidation sites excluding steroid dienone is 1. The zero-order chi connectivity index (χ0) is 26.6.